The van der Waals surface area contributed by atoms with E-state index < -0.39 is 6.10 Å². The molecule has 0 bridgehead atoms. The smallest absolute Gasteiger partial charge is 0.253 e. The molecule has 1 fully saturated rings. The largest absolute Gasteiger partial charge is 0.387 e. The van der Waals surface area contributed by atoms with Gasteiger partial charge in [0.05, 0.1) is 24.0 Å². The summed E-state index contributed by atoms with van der Waals surface area (Å²) in [6, 6.07) is 12.1. The molecule has 1 unspecified atom stereocenters. The zero-order chi connectivity index (χ0) is 18.1. The van der Waals surface area contributed by atoms with E-state index in [4.69, 9.17) is 0 Å². The lowest BCUT2D eigenvalue weighted by molar-refractivity contribution is 0.0569. The molecule has 1 atom stereocenters. The highest BCUT2D eigenvalue weighted by atomic mass is 16.3. The van der Waals surface area contributed by atoms with Crippen molar-refractivity contribution in [1.82, 2.24) is 19.6 Å². The van der Waals surface area contributed by atoms with Gasteiger partial charge in [0.1, 0.15) is 0 Å². The molecule has 6 nitrogen and oxygen atoms in total. The minimum Gasteiger partial charge on any atom is -0.387 e. The van der Waals surface area contributed by atoms with Crippen LogP contribution in [0.4, 0.5) is 0 Å². The van der Waals surface area contributed by atoms with Crippen LogP contribution in [-0.4, -0.2) is 56.3 Å². The third-order valence-electron chi connectivity index (χ3n) is 5.56. The Morgan fingerprint density at radius 3 is 2.58 bits per heavy atom. The zero-order valence-corrected chi connectivity index (χ0v) is 15.2. The molecule has 4 rings (SSSR count). The van der Waals surface area contributed by atoms with Crippen LogP contribution in [0.1, 0.15) is 47.6 Å². The van der Waals surface area contributed by atoms with E-state index in [0.717, 1.165) is 56.8 Å². The first-order valence-corrected chi connectivity index (χ1v) is 9.45. The van der Waals surface area contributed by atoms with E-state index in [0.29, 0.717) is 6.04 Å². The van der Waals surface area contributed by atoms with Crippen LogP contribution in [0, 0.1) is 0 Å². The highest BCUT2D eigenvalue weighted by Gasteiger charge is 2.30. The average Bonchev–Trinajstić information content (AvgIpc) is 3.12. The van der Waals surface area contributed by atoms with E-state index in [1.54, 1.807) is 6.92 Å². The van der Waals surface area contributed by atoms with Gasteiger partial charge in [0, 0.05) is 37.8 Å². The summed E-state index contributed by atoms with van der Waals surface area (Å²) < 4.78 is 2.02. The number of rotatable bonds is 3. The lowest BCUT2D eigenvalue weighted by atomic mass is 10.0. The molecule has 2 aliphatic rings. The predicted molar refractivity (Wildman–Crippen MR) is 98.6 cm³/mol. The molecule has 3 heterocycles. The summed E-state index contributed by atoms with van der Waals surface area (Å²) in [5.41, 5.74) is 2.71. The predicted octanol–water partition coefficient (Wildman–Crippen LogP) is 2.06. The number of aliphatic hydroxyl groups excluding tert-OH is 1. The molecule has 2 aromatic rings. The summed E-state index contributed by atoms with van der Waals surface area (Å²) >= 11 is 0. The van der Waals surface area contributed by atoms with Crippen molar-refractivity contribution in [2.75, 3.05) is 19.6 Å². The number of piperidine rings is 1. The van der Waals surface area contributed by atoms with E-state index in [-0.39, 0.29) is 5.91 Å². The van der Waals surface area contributed by atoms with Crippen LogP contribution < -0.4 is 0 Å². The molecule has 1 aromatic carbocycles. The second-order valence-electron chi connectivity index (χ2n) is 7.32. The monoisotopic (exact) mass is 354 g/mol. The van der Waals surface area contributed by atoms with Crippen molar-refractivity contribution in [3.8, 4) is 0 Å². The van der Waals surface area contributed by atoms with Crippen LogP contribution in [0.15, 0.2) is 36.4 Å². The van der Waals surface area contributed by atoms with Crippen LogP contribution in [0.2, 0.25) is 0 Å². The van der Waals surface area contributed by atoms with Gasteiger partial charge in [0.15, 0.2) is 0 Å². The van der Waals surface area contributed by atoms with Gasteiger partial charge in [-0.2, -0.15) is 5.10 Å². The summed E-state index contributed by atoms with van der Waals surface area (Å²) in [7, 11) is 0. The molecule has 1 aromatic heterocycles. The normalized spacial score (nSPS) is 20.0. The van der Waals surface area contributed by atoms with E-state index >= 15 is 0 Å². The van der Waals surface area contributed by atoms with E-state index in [9.17, 15) is 9.90 Å². The minimum absolute atomic E-state index is 0.141. The van der Waals surface area contributed by atoms with Crippen molar-refractivity contribution in [1.29, 1.82) is 0 Å². The van der Waals surface area contributed by atoms with Gasteiger partial charge in [-0.3, -0.25) is 14.4 Å². The van der Waals surface area contributed by atoms with E-state index in [2.05, 4.69) is 10.00 Å². The summed E-state index contributed by atoms with van der Waals surface area (Å²) in [4.78, 5) is 17.1. The fourth-order valence-electron chi connectivity index (χ4n) is 4.02. The fourth-order valence-corrected chi connectivity index (χ4v) is 4.02. The molecule has 1 amide bonds. The van der Waals surface area contributed by atoms with Crippen molar-refractivity contribution < 1.29 is 9.90 Å². The summed E-state index contributed by atoms with van der Waals surface area (Å²) in [6.45, 7) is 6.10. The lowest BCUT2D eigenvalue weighted by Gasteiger charge is -2.40. The SMILES string of the molecule is CC(O)c1cc2n(n1)CCN(C1CCN(C(=O)c3ccccc3)CC1)C2. The number of hydrogen-bond donors (Lipinski definition) is 1. The van der Waals surface area contributed by atoms with Crippen LogP contribution in [0.25, 0.3) is 0 Å². The van der Waals surface area contributed by atoms with Crippen LogP contribution in [0.3, 0.4) is 0 Å². The first-order chi connectivity index (χ1) is 12.6. The Morgan fingerprint density at radius 2 is 1.88 bits per heavy atom. The first kappa shape index (κ1) is 17.2. The number of amides is 1. The van der Waals surface area contributed by atoms with E-state index in [1.807, 2.05) is 46.0 Å². The van der Waals surface area contributed by atoms with E-state index in [1.165, 1.54) is 5.69 Å². The van der Waals surface area contributed by atoms with Crippen molar-refractivity contribution in [3.63, 3.8) is 0 Å². The Balaban J connectivity index is 1.36. The number of benzene rings is 1. The third kappa shape index (κ3) is 3.39. The summed E-state index contributed by atoms with van der Waals surface area (Å²) in [6.07, 6.45) is 1.50. The highest BCUT2D eigenvalue weighted by Crippen LogP contribution is 2.24. The van der Waals surface area contributed by atoms with Gasteiger partial charge in [0.2, 0.25) is 0 Å². The Kier molecular flexibility index (Phi) is 4.78. The van der Waals surface area contributed by atoms with Crippen LogP contribution >= 0.6 is 0 Å². The summed E-state index contributed by atoms with van der Waals surface area (Å²) in [5, 5.41) is 14.2. The standard InChI is InChI=1S/C20H26N4O2/c1-15(25)19-13-18-14-23(11-12-24(18)21-19)17-7-9-22(10-8-17)20(26)16-5-3-2-4-6-16/h2-6,13,15,17,25H,7-12,14H2,1H3. The first-order valence-electron chi connectivity index (χ1n) is 9.45. The van der Waals surface area contributed by atoms with Crippen molar-refractivity contribution in [2.45, 2.75) is 45.0 Å². The van der Waals surface area contributed by atoms with Crippen molar-refractivity contribution >= 4 is 5.91 Å². The molecular formula is C20H26N4O2. The molecule has 0 aliphatic carbocycles. The second kappa shape index (κ2) is 7.21. The molecule has 138 valence electrons. The van der Waals surface area contributed by atoms with Gasteiger partial charge in [0.25, 0.3) is 5.91 Å². The molecule has 1 N–H and O–H groups in total. The van der Waals surface area contributed by atoms with Crippen LogP contribution in [0.5, 0.6) is 0 Å². The number of carbonyl (C=O) groups excluding carboxylic acids is 1. The second-order valence-corrected chi connectivity index (χ2v) is 7.32. The highest BCUT2D eigenvalue weighted by molar-refractivity contribution is 5.94. The van der Waals surface area contributed by atoms with Gasteiger partial charge in [-0.05, 0) is 38.0 Å². The number of fused-ring (bicyclic) bond motifs is 1. The zero-order valence-electron chi connectivity index (χ0n) is 15.2. The van der Waals surface area contributed by atoms with Crippen molar-refractivity contribution in [3.05, 3.63) is 53.3 Å². The maximum Gasteiger partial charge on any atom is 0.253 e. The fraction of sp³-hybridized carbons (Fsp3) is 0.500. The molecule has 1 saturated heterocycles. The number of nitrogens with zero attached hydrogens (tertiary/aromatic N) is 4. The lowest BCUT2D eigenvalue weighted by Crippen LogP contribution is -2.48. The number of carbonyl (C=O) groups is 1. The van der Waals surface area contributed by atoms with Crippen LogP contribution in [-0.2, 0) is 13.1 Å². The Bertz CT molecular complexity index is 763. The molecule has 0 spiro atoms. The van der Waals surface area contributed by atoms with Gasteiger partial charge >= 0.3 is 0 Å². The minimum atomic E-state index is -0.520. The molecule has 0 radical (unpaired) electrons. The van der Waals surface area contributed by atoms with Gasteiger partial charge < -0.3 is 10.0 Å². The topological polar surface area (TPSA) is 61.6 Å². The Labute approximate surface area is 154 Å². The Hall–Kier alpha value is -2.18. The molecular weight excluding hydrogens is 328 g/mol. The molecule has 26 heavy (non-hydrogen) atoms. The number of hydrogen-bond acceptors (Lipinski definition) is 4. The molecule has 6 heteroatoms. The maximum atomic E-state index is 12.6. The van der Waals surface area contributed by atoms with Gasteiger partial charge in [-0.15, -0.1) is 0 Å². The number of aromatic nitrogens is 2. The Morgan fingerprint density at radius 1 is 1.15 bits per heavy atom. The maximum absolute atomic E-state index is 12.6. The number of aliphatic hydroxyl groups is 1. The molecule has 2 aliphatic heterocycles. The van der Waals surface area contributed by atoms with Gasteiger partial charge in [-0.1, -0.05) is 18.2 Å². The summed E-state index contributed by atoms with van der Waals surface area (Å²) in [5.74, 6) is 0.141. The average molecular weight is 354 g/mol. The van der Waals surface area contributed by atoms with Crippen molar-refractivity contribution in [2.24, 2.45) is 0 Å². The number of likely N-dealkylation sites (tertiary alicyclic amines) is 1. The van der Waals surface area contributed by atoms with Gasteiger partial charge in [-0.25, -0.2) is 0 Å². The molecule has 0 saturated carbocycles. The quantitative estimate of drug-likeness (QED) is 0.916. The third-order valence-corrected chi connectivity index (χ3v) is 5.56.